The van der Waals surface area contributed by atoms with Crippen LogP contribution in [0, 0.1) is 11.6 Å². The molecule has 0 amide bonds. The van der Waals surface area contributed by atoms with E-state index in [4.69, 9.17) is 15.6 Å². The lowest BCUT2D eigenvalue weighted by Crippen LogP contribution is -2.17. The topological polar surface area (TPSA) is 55.5 Å². The first-order valence-corrected chi connectivity index (χ1v) is 3.99. The Morgan fingerprint density at radius 1 is 1.50 bits per heavy atom. The monoisotopic (exact) mass is 203 g/mol. The van der Waals surface area contributed by atoms with Crippen LogP contribution < -0.4 is 10.5 Å². The van der Waals surface area contributed by atoms with Crippen molar-refractivity contribution in [1.82, 2.24) is 0 Å². The van der Waals surface area contributed by atoms with Crippen molar-refractivity contribution >= 4 is 0 Å². The molecule has 0 aliphatic rings. The van der Waals surface area contributed by atoms with Gasteiger partial charge in [0.15, 0.2) is 11.6 Å². The number of hydrogen-bond donors (Lipinski definition) is 2. The van der Waals surface area contributed by atoms with Crippen LogP contribution in [-0.4, -0.2) is 18.8 Å². The lowest BCUT2D eigenvalue weighted by molar-refractivity contribution is 0.264. The summed E-state index contributed by atoms with van der Waals surface area (Å²) in [5.41, 5.74) is 5.28. The standard InChI is InChI=1S/C9H11F2NO2/c1-14-5-2-6(8(12)4-13)9(11)7(10)3-5/h2-3,8,13H,4,12H2,1H3. The van der Waals surface area contributed by atoms with Crippen LogP contribution in [0.25, 0.3) is 0 Å². The smallest absolute Gasteiger partial charge is 0.163 e. The quantitative estimate of drug-likeness (QED) is 0.769. The largest absolute Gasteiger partial charge is 0.497 e. The predicted molar refractivity (Wildman–Crippen MR) is 46.9 cm³/mol. The van der Waals surface area contributed by atoms with Gasteiger partial charge in [-0.3, -0.25) is 0 Å². The first kappa shape index (κ1) is 10.9. The van der Waals surface area contributed by atoms with Gasteiger partial charge in [0.25, 0.3) is 0 Å². The van der Waals surface area contributed by atoms with Crippen molar-refractivity contribution in [3.63, 3.8) is 0 Å². The molecule has 3 nitrogen and oxygen atoms in total. The van der Waals surface area contributed by atoms with E-state index in [1.54, 1.807) is 0 Å². The summed E-state index contributed by atoms with van der Waals surface area (Å²) in [5, 5.41) is 8.71. The maximum atomic E-state index is 13.1. The number of benzene rings is 1. The van der Waals surface area contributed by atoms with Crippen molar-refractivity contribution < 1.29 is 18.6 Å². The molecule has 0 bridgehead atoms. The van der Waals surface area contributed by atoms with Crippen LogP contribution in [0.2, 0.25) is 0 Å². The lowest BCUT2D eigenvalue weighted by Gasteiger charge is -2.11. The Bertz CT molecular complexity index is 331. The van der Waals surface area contributed by atoms with Crippen molar-refractivity contribution in [2.75, 3.05) is 13.7 Å². The molecule has 3 N–H and O–H groups in total. The van der Waals surface area contributed by atoms with Crippen LogP contribution in [0.15, 0.2) is 12.1 Å². The first-order chi connectivity index (χ1) is 6.60. The second kappa shape index (κ2) is 4.34. The van der Waals surface area contributed by atoms with Crippen LogP contribution in [-0.2, 0) is 0 Å². The second-order valence-electron chi connectivity index (χ2n) is 2.80. The summed E-state index contributed by atoms with van der Waals surface area (Å²) in [6.07, 6.45) is 0. The third-order valence-corrected chi connectivity index (χ3v) is 1.86. The molecule has 1 atom stereocenters. The zero-order valence-corrected chi connectivity index (χ0v) is 7.63. The highest BCUT2D eigenvalue weighted by molar-refractivity contribution is 5.32. The maximum Gasteiger partial charge on any atom is 0.163 e. The summed E-state index contributed by atoms with van der Waals surface area (Å²) < 4.78 is 30.8. The van der Waals surface area contributed by atoms with Crippen molar-refractivity contribution in [3.8, 4) is 5.75 Å². The van der Waals surface area contributed by atoms with Gasteiger partial charge < -0.3 is 15.6 Å². The van der Waals surface area contributed by atoms with Crippen LogP contribution in [0.4, 0.5) is 8.78 Å². The molecule has 0 aliphatic heterocycles. The molecule has 0 saturated carbocycles. The molecule has 0 spiro atoms. The molecule has 0 fully saturated rings. The van der Waals surface area contributed by atoms with Gasteiger partial charge in [-0.1, -0.05) is 0 Å². The highest BCUT2D eigenvalue weighted by Gasteiger charge is 2.16. The minimum Gasteiger partial charge on any atom is -0.497 e. The van der Waals surface area contributed by atoms with E-state index in [0.717, 1.165) is 6.07 Å². The van der Waals surface area contributed by atoms with E-state index in [1.165, 1.54) is 13.2 Å². The normalized spacial score (nSPS) is 12.6. The lowest BCUT2D eigenvalue weighted by atomic mass is 10.1. The summed E-state index contributed by atoms with van der Waals surface area (Å²) in [6, 6.07) is 1.24. The highest BCUT2D eigenvalue weighted by Crippen LogP contribution is 2.23. The highest BCUT2D eigenvalue weighted by atomic mass is 19.2. The zero-order valence-electron chi connectivity index (χ0n) is 7.63. The predicted octanol–water partition coefficient (Wildman–Crippen LogP) is 0.966. The fourth-order valence-electron chi connectivity index (χ4n) is 1.07. The Morgan fingerprint density at radius 3 is 2.64 bits per heavy atom. The van der Waals surface area contributed by atoms with E-state index in [9.17, 15) is 8.78 Å². The van der Waals surface area contributed by atoms with Gasteiger partial charge in [0.1, 0.15) is 5.75 Å². The number of aliphatic hydroxyl groups is 1. The number of halogens is 2. The van der Waals surface area contributed by atoms with Crippen LogP contribution in [0.5, 0.6) is 5.75 Å². The van der Waals surface area contributed by atoms with Crippen LogP contribution in [0.3, 0.4) is 0 Å². The van der Waals surface area contributed by atoms with Gasteiger partial charge in [-0.15, -0.1) is 0 Å². The van der Waals surface area contributed by atoms with E-state index in [0.29, 0.717) is 0 Å². The molecule has 0 saturated heterocycles. The molecular weight excluding hydrogens is 192 g/mol. The molecule has 1 rings (SSSR count). The van der Waals surface area contributed by atoms with E-state index >= 15 is 0 Å². The van der Waals surface area contributed by atoms with Gasteiger partial charge in [-0.25, -0.2) is 8.78 Å². The Balaban J connectivity index is 3.20. The average Bonchev–Trinajstić information content (AvgIpc) is 2.20. The molecule has 1 unspecified atom stereocenters. The number of methoxy groups -OCH3 is 1. The Labute approximate surface area is 80.1 Å². The summed E-state index contributed by atoms with van der Waals surface area (Å²) in [7, 11) is 1.33. The van der Waals surface area contributed by atoms with E-state index in [-0.39, 0.29) is 11.3 Å². The fraction of sp³-hybridized carbons (Fsp3) is 0.333. The summed E-state index contributed by atoms with van der Waals surface area (Å²) in [6.45, 7) is -0.455. The second-order valence-corrected chi connectivity index (χ2v) is 2.80. The molecule has 0 aromatic heterocycles. The van der Waals surface area contributed by atoms with Crippen LogP contribution in [0.1, 0.15) is 11.6 Å². The third-order valence-electron chi connectivity index (χ3n) is 1.86. The molecule has 0 heterocycles. The fourth-order valence-corrected chi connectivity index (χ4v) is 1.07. The molecule has 0 aliphatic carbocycles. The number of hydrogen-bond acceptors (Lipinski definition) is 3. The maximum absolute atomic E-state index is 13.1. The average molecular weight is 203 g/mol. The minimum absolute atomic E-state index is 0.0932. The van der Waals surface area contributed by atoms with Crippen molar-refractivity contribution in [2.45, 2.75) is 6.04 Å². The minimum atomic E-state index is -1.05. The number of ether oxygens (including phenoxy) is 1. The van der Waals surface area contributed by atoms with Crippen molar-refractivity contribution in [3.05, 3.63) is 29.3 Å². The molecule has 5 heteroatoms. The molecule has 1 aromatic rings. The number of rotatable bonds is 3. The van der Waals surface area contributed by atoms with E-state index in [1.807, 2.05) is 0 Å². The summed E-state index contributed by atoms with van der Waals surface area (Å²) >= 11 is 0. The van der Waals surface area contributed by atoms with Crippen LogP contribution >= 0.6 is 0 Å². The molecule has 1 aromatic carbocycles. The van der Waals surface area contributed by atoms with E-state index in [2.05, 4.69) is 0 Å². The summed E-state index contributed by atoms with van der Waals surface area (Å²) in [4.78, 5) is 0. The van der Waals surface area contributed by atoms with Gasteiger partial charge in [0.05, 0.1) is 19.8 Å². The zero-order chi connectivity index (χ0) is 10.7. The van der Waals surface area contributed by atoms with Gasteiger partial charge >= 0.3 is 0 Å². The molecule has 0 radical (unpaired) electrons. The van der Waals surface area contributed by atoms with Gasteiger partial charge in [0, 0.05) is 11.6 Å². The first-order valence-electron chi connectivity index (χ1n) is 3.99. The van der Waals surface area contributed by atoms with Gasteiger partial charge in [0.2, 0.25) is 0 Å². The Kier molecular flexibility index (Phi) is 3.38. The number of aliphatic hydroxyl groups excluding tert-OH is 1. The van der Waals surface area contributed by atoms with Crippen molar-refractivity contribution in [1.29, 1.82) is 0 Å². The Hall–Kier alpha value is -1.20. The molecule has 14 heavy (non-hydrogen) atoms. The Morgan fingerprint density at radius 2 is 2.14 bits per heavy atom. The third kappa shape index (κ3) is 2.00. The van der Waals surface area contributed by atoms with Gasteiger partial charge in [-0.2, -0.15) is 0 Å². The van der Waals surface area contributed by atoms with Gasteiger partial charge in [-0.05, 0) is 6.07 Å². The number of nitrogens with two attached hydrogens (primary N) is 1. The van der Waals surface area contributed by atoms with Crippen molar-refractivity contribution in [2.24, 2.45) is 5.73 Å². The summed E-state index contributed by atoms with van der Waals surface area (Å²) in [5.74, 6) is -1.92. The molecule has 78 valence electrons. The molecular formula is C9H11F2NO2. The van der Waals surface area contributed by atoms with E-state index < -0.39 is 24.3 Å². The SMILES string of the molecule is COc1cc(F)c(F)c(C(N)CO)c1.